The van der Waals surface area contributed by atoms with E-state index in [0.717, 1.165) is 13.0 Å². The van der Waals surface area contributed by atoms with Crippen LogP contribution >= 0.6 is 0 Å². The number of hydrogen-bond acceptors (Lipinski definition) is 2. The minimum Gasteiger partial charge on any atom is -0.345 e. The standard InChI is InChI=1S/C23H45N2O/c1-4-6-7-8-9-10-11-12-13-14-15-16-17-18-19-23-24-20-21-25(23,5-2)22(3)26/h6-7,20-24,26H,4-5,8-19H2,1-3H3/q+1/b7-6+. The number of unbranched alkanes of at least 4 members (excludes halogenated alkanes) is 10. The molecular weight excluding hydrogens is 320 g/mol. The van der Waals surface area contributed by atoms with Gasteiger partial charge < -0.3 is 10.4 Å². The van der Waals surface area contributed by atoms with Gasteiger partial charge in [-0.1, -0.05) is 70.4 Å². The molecule has 0 bridgehead atoms. The molecule has 1 aliphatic heterocycles. The quantitative estimate of drug-likeness (QED) is 0.194. The zero-order valence-corrected chi connectivity index (χ0v) is 17.8. The summed E-state index contributed by atoms with van der Waals surface area (Å²) in [5.74, 6) is 0. The fourth-order valence-corrected chi connectivity index (χ4v) is 4.13. The number of rotatable bonds is 16. The van der Waals surface area contributed by atoms with E-state index in [-0.39, 0.29) is 6.23 Å². The summed E-state index contributed by atoms with van der Waals surface area (Å²) in [4.78, 5) is 0. The van der Waals surface area contributed by atoms with Crippen molar-refractivity contribution in [2.75, 3.05) is 6.54 Å². The number of hydrogen-bond donors (Lipinski definition) is 2. The Morgan fingerprint density at radius 3 is 2.04 bits per heavy atom. The maximum Gasteiger partial charge on any atom is 0.193 e. The third-order valence-corrected chi connectivity index (χ3v) is 5.97. The lowest BCUT2D eigenvalue weighted by Crippen LogP contribution is -2.57. The lowest BCUT2D eigenvalue weighted by Gasteiger charge is -2.39. The van der Waals surface area contributed by atoms with Crippen LogP contribution in [0.5, 0.6) is 0 Å². The smallest absolute Gasteiger partial charge is 0.193 e. The molecule has 0 amide bonds. The Labute approximate surface area is 163 Å². The van der Waals surface area contributed by atoms with Crippen molar-refractivity contribution >= 4 is 0 Å². The predicted octanol–water partition coefficient (Wildman–Crippen LogP) is 6.21. The summed E-state index contributed by atoms with van der Waals surface area (Å²) in [6.45, 7) is 7.22. The molecule has 0 saturated heterocycles. The molecule has 0 aliphatic carbocycles. The first kappa shape index (κ1) is 23.2. The Morgan fingerprint density at radius 1 is 0.923 bits per heavy atom. The third-order valence-electron chi connectivity index (χ3n) is 5.97. The van der Waals surface area contributed by atoms with E-state index in [1.54, 1.807) is 0 Å². The van der Waals surface area contributed by atoms with Crippen molar-refractivity contribution in [1.82, 2.24) is 5.32 Å². The Kier molecular flexibility index (Phi) is 12.8. The molecular formula is C23H45N2O+. The van der Waals surface area contributed by atoms with Crippen LogP contribution in [-0.4, -0.2) is 28.5 Å². The second kappa shape index (κ2) is 14.3. The first-order valence-electron chi connectivity index (χ1n) is 11.3. The molecule has 3 atom stereocenters. The van der Waals surface area contributed by atoms with Crippen LogP contribution in [0.1, 0.15) is 104 Å². The van der Waals surface area contributed by atoms with Crippen molar-refractivity contribution in [3.63, 3.8) is 0 Å². The zero-order chi connectivity index (χ0) is 19.1. The molecule has 0 aromatic heterocycles. The van der Waals surface area contributed by atoms with E-state index in [1.165, 1.54) is 77.0 Å². The number of nitrogens with one attached hydrogen (secondary N) is 1. The summed E-state index contributed by atoms with van der Waals surface area (Å²) in [6.07, 6.45) is 26.1. The number of allylic oxidation sites excluding steroid dienone is 2. The minimum absolute atomic E-state index is 0.334. The summed E-state index contributed by atoms with van der Waals surface area (Å²) >= 11 is 0. The van der Waals surface area contributed by atoms with Gasteiger partial charge in [0.15, 0.2) is 12.4 Å². The molecule has 0 radical (unpaired) electrons. The van der Waals surface area contributed by atoms with Gasteiger partial charge in [0.2, 0.25) is 0 Å². The van der Waals surface area contributed by atoms with Gasteiger partial charge in [0.1, 0.15) is 6.20 Å². The van der Waals surface area contributed by atoms with E-state index < -0.39 is 0 Å². The van der Waals surface area contributed by atoms with Crippen molar-refractivity contribution in [2.24, 2.45) is 0 Å². The molecule has 26 heavy (non-hydrogen) atoms. The molecule has 0 spiro atoms. The highest BCUT2D eigenvalue weighted by Crippen LogP contribution is 2.25. The van der Waals surface area contributed by atoms with Gasteiger partial charge in [-0.25, -0.2) is 0 Å². The molecule has 2 N–H and O–H groups in total. The first-order valence-corrected chi connectivity index (χ1v) is 11.3. The van der Waals surface area contributed by atoms with E-state index in [4.69, 9.17) is 0 Å². The number of aliphatic hydroxyl groups excluding tert-OH is 1. The lowest BCUT2D eigenvalue weighted by atomic mass is 10.0. The molecule has 1 rings (SSSR count). The van der Waals surface area contributed by atoms with Crippen LogP contribution < -0.4 is 5.32 Å². The predicted molar refractivity (Wildman–Crippen MR) is 113 cm³/mol. The van der Waals surface area contributed by atoms with Crippen molar-refractivity contribution in [1.29, 1.82) is 0 Å². The van der Waals surface area contributed by atoms with Crippen molar-refractivity contribution in [2.45, 2.75) is 117 Å². The van der Waals surface area contributed by atoms with Gasteiger partial charge in [0.25, 0.3) is 0 Å². The monoisotopic (exact) mass is 365 g/mol. The molecule has 0 saturated carbocycles. The Morgan fingerprint density at radius 2 is 1.50 bits per heavy atom. The zero-order valence-electron chi connectivity index (χ0n) is 17.8. The number of quaternary nitrogens is 1. The fourth-order valence-electron chi connectivity index (χ4n) is 4.13. The first-order chi connectivity index (χ1) is 12.7. The van der Waals surface area contributed by atoms with Crippen LogP contribution in [0.3, 0.4) is 0 Å². The number of aliphatic hydroxyl groups is 1. The van der Waals surface area contributed by atoms with Crippen LogP contribution in [0.2, 0.25) is 0 Å². The van der Waals surface area contributed by atoms with Gasteiger partial charge in [0, 0.05) is 13.3 Å². The fraction of sp³-hybridized carbons (Fsp3) is 0.826. The maximum absolute atomic E-state index is 10.2. The molecule has 0 aromatic carbocycles. The van der Waals surface area contributed by atoms with E-state index in [9.17, 15) is 5.11 Å². The Hall–Kier alpha value is -0.800. The van der Waals surface area contributed by atoms with Crippen molar-refractivity contribution < 1.29 is 9.59 Å². The second-order valence-electron chi connectivity index (χ2n) is 7.93. The summed E-state index contributed by atoms with van der Waals surface area (Å²) in [7, 11) is 0. The molecule has 3 heteroatoms. The van der Waals surface area contributed by atoms with E-state index in [1.807, 2.05) is 13.1 Å². The van der Waals surface area contributed by atoms with E-state index >= 15 is 0 Å². The highest BCUT2D eigenvalue weighted by Gasteiger charge is 2.40. The van der Waals surface area contributed by atoms with Gasteiger partial charge >= 0.3 is 0 Å². The van der Waals surface area contributed by atoms with Crippen LogP contribution in [0, 0.1) is 0 Å². The number of nitrogens with zero attached hydrogens (tertiary/aromatic N) is 1. The highest BCUT2D eigenvalue weighted by atomic mass is 16.3. The molecule has 152 valence electrons. The summed E-state index contributed by atoms with van der Waals surface area (Å²) in [6, 6.07) is 0. The summed E-state index contributed by atoms with van der Waals surface area (Å²) in [5.41, 5.74) is 0. The van der Waals surface area contributed by atoms with Gasteiger partial charge in [-0.2, -0.15) is 0 Å². The topological polar surface area (TPSA) is 32.3 Å². The molecule has 1 heterocycles. The average molecular weight is 366 g/mol. The molecule has 0 aromatic rings. The summed E-state index contributed by atoms with van der Waals surface area (Å²) in [5, 5.41) is 13.6. The second-order valence-corrected chi connectivity index (χ2v) is 7.93. The van der Waals surface area contributed by atoms with Crippen LogP contribution in [-0.2, 0) is 0 Å². The SMILES string of the molecule is CC/C=C/CCCCCCCCCCCCC1NC=C[N+]1(CC)C(C)O. The largest absolute Gasteiger partial charge is 0.345 e. The Bertz CT molecular complexity index is 392. The molecule has 3 nitrogen and oxygen atoms in total. The van der Waals surface area contributed by atoms with Gasteiger partial charge in [0.05, 0.1) is 12.7 Å². The van der Waals surface area contributed by atoms with Crippen LogP contribution in [0.4, 0.5) is 0 Å². The Balaban J connectivity index is 1.93. The maximum atomic E-state index is 10.2. The van der Waals surface area contributed by atoms with Crippen molar-refractivity contribution in [3.05, 3.63) is 24.6 Å². The molecule has 3 unspecified atom stereocenters. The van der Waals surface area contributed by atoms with Gasteiger partial charge in [-0.3, -0.25) is 4.48 Å². The van der Waals surface area contributed by atoms with E-state index in [2.05, 4.69) is 37.5 Å². The van der Waals surface area contributed by atoms with Crippen LogP contribution in [0.25, 0.3) is 0 Å². The van der Waals surface area contributed by atoms with Gasteiger partial charge in [-0.05, 0) is 32.6 Å². The van der Waals surface area contributed by atoms with Crippen LogP contribution in [0.15, 0.2) is 24.6 Å². The molecule has 0 fully saturated rings. The average Bonchev–Trinajstić information content (AvgIpc) is 3.06. The lowest BCUT2D eigenvalue weighted by molar-refractivity contribution is -0.942. The summed E-state index contributed by atoms with van der Waals surface area (Å²) < 4.78 is 0.675. The van der Waals surface area contributed by atoms with Crippen molar-refractivity contribution in [3.8, 4) is 0 Å². The normalized spacial score (nSPS) is 23.6. The highest BCUT2D eigenvalue weighted by molar-refractivity contribution is 4.84. The van der Waals surface area contributed by atoms with E-state index in [0.29, 0.717) is 10.6 Å². The molecule has 1 aliphatic rings. The van der Waals surface area contributed by atoms with Gasteiger partial charge in [-0.15, -0.1) is 0 Å². The minimum atomic E-state index is -0.334. The third kappa shape index (κ3) is 8.26.